The lowest BCUT2D eigenvalue weighted by atomic mass is 10.1. The number of nitrogens with zero attached hydrogens (tertiary/aromatic N) is 2. The Balaban J connectivity index is 1.82. The minimum absolute atomic E-state index is 0.0692. The van der Waals surface area contributed by atoms with E-state index in [1.165, 1.54) is 11.8 Å². The van der Waals surface area contributed by atoms with Crippen molar-refractivity contribution in [3.63, 3.8) is 0 Å². The van der Waals surface area contributed by atoms with Crippen LogP contribution < -0.4 is 15.2 Å². The summed E-state index contributed by atoms with van der Waals surface area (Å²) in [4.78, 5) is 30.6. The highest BCUT2D eigenvalue weighted by molar-refractivity contribution is 8.15. The van der Waals surface area contributed by atoms with Crippen molar-refractivity contribution < 1.29 is 19.1 Å². The molecule has 2 aromatic carbocycles. The monoisotopic (exact) mass is 413 g/mol. The molecule has 1 saturated heterocycles. The normalized spacial score (nSPS) is 18.0. The number of methoxy groups -OCH3 is 2. The lowest BCUT2D eigenvalue weighted by Crippen LogP contribution is -2.46. The average Bonchev–Trinajstić information content (AvgIpc) is 2.73. The van der Waals surface area contributed by atoms with E-state index in [1.54, 1.807) is 19.1 Å². The SMILES string of the molecule is COc1ccc(CCN2C(=O)C[C@H](C(N)=O)SC2=Nc2ccccc2)cc1OC. The Labute approximate surface area is 173 Å². The summed E-state index contributed by atoms with van der Waals surface area (Å²) in [5.41, 5.74) is 7.15. The van der Waals surface area contributed by atoms with E-state index in [9.17, 15) is 9.59 Å². The molecule has 152 valence electrons. The summed E-state index contributed by atoms with van der Waals surface area (Å²) in [5.74, 6) is 0.610. The van der Waals surface area contributed by atoms with E-state index < -0.39 is 11.2 Å². The number of thioether (sulfide) groups is 1. The second-order valence-corrected chi connectivity index (χ2v) is 7.60. The van der Waals surface area contributed by atoms with Gasteiger partial charge in [0, 0.05) is 13.0 Å². The average molecular weight is 413 g/mol. The van der Waals surface area contributed by atoms with Gasteiger partial charge in [-0.3, -0.25) is 14.5 Å². The van der Waals surface area contributed by atoms with Crippen LogP contribution >= 0.6 is 11.8 Å². The van der Waals surface area contributed by atoms with Gasteiger partial charge in [-0.05, 0) is 36.2 Å². The Morgan fingerprint density at radius 1 is 1.17 bits per heavy atom. The first-order valence-electron chi connectivity index (χ1n) is 9.12. The van der Waals surface area contributed by atoms with E-state index in [4.69, 9.17) is 15.2 Å². The molecule has 0 spiro atoms. The molecular formula is C21H23N3O4S. The number of hydrogen-bond acceptors (Lipinski definition) is 6. The number of benzene rings is 2. The van der Waals surface area contributed by atoms with Crippen molar-refractivity contribution >= 4 is 34.4 Å². The van der Waals surface area contributed by atoms with Crippen molar-refractivity contribution in [2.45, 2.75) is 18.1 Å². The van der Waals surface area contributed by atoms with Gasteiger partial charge < -0.3 is 15.2 Å². The standard InChI is InChI=1S/C21H23N3O4S/c1-27-16-9-8-14(12-17(16)28-2)10-11-24-19(25)13-18(20(22)26)29-21(24)23-15-6-4-3-5-7-15/h3-9,12,18H,10-11,13H2,1-2H3,(H2,22,26)/t18-/m1/s1. The molecule has 1 heterocycles. The largest absolute Gasteiger partial charge is 0.493 e. The van der Waals surface area contributed by atoms with Gasteiger partial charge >= 0.3 is 0 Å². The number of amidine groups is 1. The number of para-hydroxylation sites is 1. The third-order valence-corrected chi connectivity index (χ3v) is 5.72. The van der Waals surface area contributed by atoms with Gasteiger partial charge in [-0.15, -0.1) is 0 Å². The fourth-order valence-corrected chi connectivity index (χ4v) is 4.04. The Bertz CT molecular complexity index is 917. The molecule has 1 aliphatic rings. The highest BCUT2D eigenvalue weighted by Gasteiger charge is 2.34. The van der Waals surface area contributed by atoms with Gasteiger partial charge in [-0.25, -0.2) is 4.99 Å². The summed E-state index contributed by atoms with van der Waals surface area (Å²) < 4.78 is 10.6. The first-order valence-corrected chi connectivity index (χ1v) is 10.0. The Hall–Kier alpha value is -3.00. The van der Waals surface area contributed by atoms with E-state index in [1.807, 2.05) is 48.5 Å². The maximum Gasteiger partial charge on any atom is 0.231 e. The summed E-state index contributed by atoms with van der Waals surface area (Å²) in [6.45, 7) is 0.429. The molecule has 1 aliphatic heterocycles. The maximum atomic E-state index is 12.7. The minimum atomic E-state index is -0.609. The van der Waals surface area contributed by atoms with Crippen molar-refractivity contribution in [2.75, 3.05) is 20.8 Å². The van der Waals surface area contributed by atoms with Gasteiger partial charge in [-0.2, -0.15) is 0 Å². The molecule has 1 fully saturated rings. The number of carbonyl (C=O) groups excluding carboxylic acids is 2. The zero-order chi connectivity index (χ0) is 20.8. The predicted molar refractivity (Wildman–Crippen MR) is 114 cm³/mol. The zero-order valence-corrected chi connectivity index (χ0v) is 17.1. The van der Waals surface area contributed by atoms with Crippen LogP contribution in [0.4, 0.5) is 5.69 Å². The molecule has 2 amide bonds. The molecule has 2 N–H and O–H groups in total. The second kappa shape index (κ2) is 9.47. The van der Waals surface area contributed by atoms with Crippen LogP contribution in [0.1, 0.15) is 12.0 Å². The second-order valence-electron chi connectivity index (χ2n) is 6.43. The first-order chi connectivity index (χ1) is 14.0. The van der Waals surface area contributed by atoms with Crippen LogP contribution in [0.3, 0.4) is 0 Å². The fraction of sp³-hybridized carbons (Fsp3) is 0.286. The molecule has 3 rings (SSSR count). The van der Waals surface area contributed by atoms with E-state index in [2.05, 4.69) is 4.99 Å². The van der Waals surface area contributed by atoms with Crippen molar-refractivity contribution in [3.8, 4) is 11.5 Å². The number of hydrogen-bond donors (Lipinski definition) is 1. The molecular weight excluding hydrogens is 390 g/mol. The molecule has 29 heavy (non-hydrogen) atoms. The number of nitrogens with two attached hydrogens (primary N) is 1. The molecule has 0 radical (unpaired) electrons. The third kappa shape index (κ3) is 5.08. The van der Waals surface area contributed by atoms with Crippen LogP contribution in [0.5, 0.6) is 11.5 Å². The number of amides is 2. The number of aliphatic imine (C=N–C) groups is 1. The van der Waals surface area contributed by atoms with Gasteiger partial charge in [0.1, 0.15) is 0 Å². The van der Waals surface area contributed by atoms with Crippen molar-refractivity contribution in [3.05, 3.63) is 54.1 Å². The molecule has 0 aliphatic carbocycles. The highest BCUT2D eigenvalue weighted by atomic mass is 32.2. The van der Waals surface area contributed by atoms with E-state index in [0.29, 0.717) is 35.3 Å². The van der Waals surface area contributed by atoms with Crippen LogP contribution in [0, 0.1) is 0 Å². The number of primary amides is 1. The van der Waals surface area contributed by atoms with Gasteiger partial charge in [-0.1, -0.05) is 36.0 Å². The van der Waals surface area contributed by atoms with Gasteiger partial charge in [0.15, 0.2) is 16.7 Å². The minimum Gasteiger partial charge on any atom is -0.493 e. The number of ether oxygens (including phenoxy) is 2. The van der Waals surface area contributed by atoms with Crippen LogP contribution in [0.2, 0.25) is 0 Å². The first kappa shape index (κ1) is 20.7. The van der Waals surface area contributed by atoms with Crippen molar-refractivity contribution in [1.29, 1.82) is 0 Å². The van der Waals surface area contributed by atoms with E-state index in [0.717, 1.165) is 5.56 Å². The molecule has 7 nitrogen and oxygen atoms in total. The predicted octanol–water partition coefficient (Wildman–Crippen LogP) is 2.75. The lowest BCUT2D eigenvalue weighted by molar-refractivity contribution is -0.129. The third-order valence-electron chi connectivity index (χ3n) is 4.51. The van der Waals surface area contributed by atoms with Crippen LogP contribution in [0.15, 0.2) is 53.5 Å². The van der Waals surface area contributed by atoms with E-state index in [-0.39, 0.29) is 12.3 Å². The quantitative estimate of drug-likeness (QED) is 0.753. The molecule has 0 unspecified atom stereocenters. The van der Waals surface area contributed by atoms with Crippen molar-refractivity contribution in [2.24, 2.45) is 10.7 Å². The van der Waals surface area contributed by atoms with Gasteiger partial charge in [0.25, 0.3) is 0 Å². The van der Waals surface area contributed by atoms with Crippen LogP contribution in [0.25, 0.3) is 0 Å². The van der Waals surface area contributed by atoms with E-state index >= 15 is 0 Å². The van der Waals surface area contributed by atoms with Crippen molar-refractivity contribution in [1.82, 2.24) is 4.90 Å². The number of rotatable bonds is 7. The highest BCUT2D eigenvalue weighted by Crippen LogP contribution is 2.30. The Kier molecular flexibility index (Phi) is 6.77. The summed E-state index contributed by atoms with van der Waals surface area (Å²) in [7, 11) is 3.17. The van der Waals surface area contributed by atoms with Crippen LogP contribution in [-0.2, 0) is 16.0 Å². The molecule has 8 heteroatoms. The van der Waals surface area contributed by atoms with Gasteiger partial charge in [0.2, 0.25) is 11.8 Å². The molecule has 2 aromatic rings. The Morgan fingerprint density at radius 2 is 1.90 bits per heavy atom. The Morgan fingerprint density at radius 3 is 2.55 bits per heavy atom. The summed E-state index contributed by atoms with van der Waals surface area (Å²) >= 11 is 1.23. The summed E-state index contributed by atoms with van der Waals surface area (Å²) in [5, 5.41) is -0.126. The molecule has 0 bridgehead atoms. The topological polar surface area (TPSA) is 94.2 Å². The molecule has 0 aromatic heterocycles. The molecule has 0 saturated carbocycles. The summed E-state index contributed by atoms with van der Waals surface area (Å²) in [6, 6.07) is 15.0. The maximum absolute atomic E-state index is 12.7. The van der Waals surface area contributed by atoms with Crippen LogP contribution in [-0.4, -0.2) is 47.9 Å². The molecule has 1 atom stereocenters. The smallest absolute Gasteiger partial charge is 0.231 e. The van der Waals surface area contributed by atoms with Gasteiger partial charge in [0.05, 0.1) is 25.2 Å². The lowest BCUT2D eigenvalue weighted by Gasteiger charge is -2.31. The number of carbonyl (C=O) groups is 2. The zero-order valence-electron chi connectivity index (χ0n) is 16.3. The fourth-order valence-electron chi connectivity index (χ4n) is 2.96. The summed E-state index contributed by atoms with van der Waals surface area (Å²) in [6.07, 6.45) is 0.668.